The monoisotopic (exact) mass is 234 g/mol. The second kappa shape index (κ2) is 5.45. The van der Waals surface area contributed by atoms with Crippen molar-refractivity contribution < 1.29 is 8.23 Å². The highest BCUT2D eigenvalue weighted by Gasteiger charge is 2.30. The van der Waals surface area contributed by atoms with E-state index in [-0.39, 0.29) is 0 Å². The lowest BCUT2D eigenvalue weighted by Gasteiger charge is -2.30. The minimum absolute atomic E-state index is 0.628. The van der Waals surface area contributed by atoms with Gasteiger partial charge in [0.05, 0.1) is 0 Å². The molecule has 0 unspecified atom stereocenters. The summed E-state index contributed by atoms with van der Waals surface area (Å²) in [5.74, 6) is 0. The van der Waals surface area contributed by atoms with Gasteiger partial charge in [0.15, 0.2) is 8.32 Å². The average molecular weight is 235 g/mol. The van der Waals surface area contributed by atoms with Crippen LogP contribution in [0.5, 0.6) is 0 Å². The molecule has 0 spiro atoms. The predicted molar refractivity (Wildman–Crippen MR) is 63.9 cm³/mol. The molecule has 78 valence electrons. The highest BCUT2D eigenvalue weighted by Crippen LogP contribution is 2.14. The molecule has 0 aromatic rings. The molecular weight excluding hydrogens is 212 g/mol. The fourth-order valence-corrected chi connectivity index (χ4v) is 9.53. The molecule has 0 bridgehead atoms. The summed E-state index contributed by atoms with van der Waals surface area (Å²) < 4.78 is 11.9. The molecule has 0 heterocycles. The molecule has 0 aliphatic carbocycles. The van der Waals surface area contributed by atoms with E-state index in [1.807, 2.05) is 0 Å². The third kappa shape index (κ3) is 8.89. The van der Waals surface area contributed by atoms with E-state index >= 15 is 0 Å². The summed E-state index contributed by atoms with van der Waals surface area (Å²) in [6, 6.07) is 1.17. The van der Waals surface area contributed by atoms with Crippen LogP contribution >= 0.6 is 0 Å². The van der Waals surface area contributed by atoms with Crippen LogP contribution in [0.25, 0.3) is 0 Å². The molecule has 0 aliphatic rings. The van der Waals surface area contributed by atoms with Gasteiger partial charge in [-0.15, -0.1) is 0 Å². The molecule has 13 heavy (non-hydrogen) atoms. The maximum Gasteiger partial charge on any atom is 0.310 e. The van der Waals surface area contributed by atoms with E-state index in [2.05, 4.69) is 39.7 Å². The molecule has 0 saturated heterocycles. The van der Waals surface area contributed by atoms with E-state index in [1.165, 1.54) is 12.5 Å². The second-order valence-corrected chi connectivity index (χ2v) is 14.1. The van der Waals surface area contributed by atoms with Crippen molar-refractivity contribution in [1.29, 1.82) is 0 Å². The average Bonchev–Trinajstić information content (AvgIpc) is 1.81. The number of hydrogen-bond donors (Lipinski definition) is 0. The lowest BCUT2D eigenvalue weighted by Crippen LogP contribution is -2.45. The topological polar surface area (TPSA) is 18.5 Å². The maximum absolute atomic E-state index is 6.03. The molecule has 0 atom stereocenters. The molecule has 0 amide bonds. The Kier molecular flexibility index (Phi) is 5.69. The van der Waals surface area contributed by atoms with Crippen LogP contribution in [0.4, 0.5) is 0 Å². The maximum atomic E-state index is 6.03. The molecule has 0 rings (SSSR count). The van der Waals surface area contributed by atoms with Crippen molar-refractivity contribution >= 4 is 26.6 Å². The molecule has 0 saturated carbocycles. The lowest BCUT2D eigenvalue weighted by molar-refractivity contribution is 0.409. The normalized spacial score (nSPS) is 13.4. The smallest absolute Gasteiger partial charge is 0.310 e. The Balaban J connectivity index is 3.80. The predicted octanol–water partition coefficient (Wildman–Crippen LogP) is 3.00. The Morgan fingerprint density at radius 1 is 1.08 bits per heavy atom. The van der Waals surface area contributed by atoms with Gasteiger partial charge in [0, 0.05) is 0 Å². The van der Waals surface area contributed by atoms with Crippen LogP contribution in [-0.2, 0) is 8.23 Å². The fourth-order valence-electron chi connectivity index (χ4n) is 1.09. The van der Waals surface area contributed by atoms with E-state index in [1.54, 1.807) is 0 Å². The van der Waals surface area contributed by atoms with Crippen LogP contribution in [0.15, 0.2) is 0 Å². The van der Waals surface area contributed by atoms with Crippen molar-refractivity contribution in [3.8, 4) is 0 Å². The summed E-state index contributed by atoms with van der Waals surface area (Å²) in [7, 11) is -2.59. The van der Waals surface area contributed by atoms with E-state index < -0.39 is 16.9 Å². The van der Waals surface area contributed by atoms with Crippen LogP contribution in [0, 0.1) is 0 Å². The van der Waals surface area contributed by atoms with Crippen molar-refractivity contribution in [2.45, 2.75) is 52.1 Å². The van der Waals surface area contributed by atoms with Gasteiger partial charge in [-0.25, -0.2) is 0 Å². The Morgan fingerprint density at radius 2 is 1.62 bits per heavy atom. The molecule has 2 radical (unpaired) electrons. The molecule has 0 N–H and O–H groups in total. The highest BCUT2D eigenvalue weighted by molar-refractivity contribution is 6.82. The van der Waals surface area contributed by atoms with Gasteiger partial charge in [0.25, 0.3) is 0 Å². The van der Waals surface area contributed by atoms with Crippen LogP contribution < -0.4 is 0 Å². The van der Waals surface area contributed by atoms with Crippen molar-refractivity contribution in [3.63, 3.8) is 0 Å². The summed E-state index contributed by atoms with van der Waals surface area (Å²) in [6.45, 7) is 13.1. The van der Waals surface area contributed by atoms with Crippen molar-refractivity contribution in [3.05, 3.63) is 0 Å². The first-order chi connectivity index (χ1) is 5.77. The van der Waals surface area contributed by atoms with Gasteiger partial charge in [-0.05, 0) is 38.8 Å². The van der Waals surface area contributed by atoms with Crippen molar-refractivity contribution in [2.24, 2.45) is 0 Å². The van der Waals surface area contributed by atoms with Gasteiger partial charge >= 0.3 is 8.56 Å². The van der Waals surface area contributed by atoms with Gasteiger partial charge in [-0.1, -0.05) is 13.3 Å². The van der Waals surface area contributed by atoms with Crippen molar-refractivity contribution in [1.82, 2.24) is 0 Å². The molecule has 0 aromatic carbocycles. The first kappa shape index (κ1) is 13.6. The zero-order valence-corrected chi connectivity index (χ0v) is 12.7. The van der Waals surface area contributed by atoms with E-state index in [9.17, 15) is 0 Å². The summed E-state index contributed by atoms with van der Waals surface area (Å²) in [5.41, 5.74) is 0. The quantitative estimate of drug-likeness (QED) is 0.520. The first-order valence-corrected chi connectivity index (χ1v) is 12.2. The molecule has 2 nitrogen and oxygen atoms in total. The standard InChI is InChI=1S/C8H22O2Si3/c1-7-8-11-9-13(5,6)10-12(2,3)4/h7-8H2,1-6H3. The third-order valence-corrected chi connectivity index (χ3v) is 8.89. The minimum Gasteiger partial charge on any atom is -0.437 e. The zero-order chi connectivity index (χ0) is 10.5. The summed E-state index contributed by atoms with van der Waals surface area (Å²) in [6.07, 6.45) is 1.20. The van der Waals surface area contributed by atoms with E-state index in [4.69, 9.17) is 8.23 Å². The zero-order valence-electron chi connectivity index (χ0n) is 9.73. The Labute approximate surface area is 87.4 Å². The van der Waals surface area contributed by atoms with Gasteiger partial charge in [-0.3, -0.25) is 0 Å². The van der Waals surface area contributed by atoms with Crippen LogP contribution in [0.2, 0.25) is 38.8 Å². The highest BCUT2D eigenvalue weighted by atomic mass is 28.5. The largest absolute Gasteiger partial charge is 0.437 e. The second-order valence-electron chi connectivity index (χ2n) is 4.61. The number of rotatable bonds is 6. The van der Waals surface area contributed by atoms with E-state index in [0.29, 0.717) is 9.76 Å². The van der Waals surface area contributed by atoms with Crippen molar-refractivity contribution in [2.75, 3.05) is 0 Å². The molecule has 5 heteroatoms. The summed E-state index contributed by atoms with van der Waals surface area (Å²) in [5, 5.41) is 0. The minimum atomic E-state index is -1.80. The Bertz CT molecular complexity index is 143. The molecule has 0 fully saturated rings. The summed E-state index contributed by atoms with van der Waals surface area (Å²) >= 11 is 0. The third-order valence-electron chi connectivity index (χ3n) is 1.22. The molecule has 0 aliphatic heterocycles. The van der Waals surface area contributed by atoms with Crippen LogP contribution in [0.3, 0.4) is 0 Å². The molecular formula is C8H22O2Si3. The Morgan fingerprint density at radius 3 is 2.00 bits per heavy atom. The lowest BCUT2D eigenvalue weighted by atomic mass is 10.6. The van der Waals surface area contributed by atoms with E-state index in [0.717, 1.165) is 0 Å². The first-order valence-electron chi connectivity index (χ1n) is 4.88. The van der Waals surface area contributed by atoms with Crippen LogP contribution in [-0.4, -0.2) is 26.6 Å². The Hall–Kier alpha value is 0.571. The van der Waals surface area contributed by atoms with Gasteiger partial charge in [-0.2, -0.15) is 0 Å². The van der Waals surface area contributed by atoms with Gasteiger partial charge in [0.2, 0.25) is 9.76 Å². The number of hydrogen-bond acceptors (Lipinski definition) is 2. The van der Waals surface area contributed by atoms with Gasteiger partial charge < -0.3 is 8.23 Å². The van der Waals surface area contributed by atoms with Gasteiger partial charge in [0.1, 0.15) is 0 Å². The SMILES string of the molecule is CCC[Si]O[Si](C)(C)O[Si](C)(C)C. The van der Waals surface area contributed by atoms with Crippen LogP contribution in [0.1, 0.15) is 13.3 Å². The summed E-state index contributed by atoms with van der Waals surface area (Å²) in [4.78, 5) is 0. The molecule has 0 aromatic heterocycles. The fraction of sp³-hybridized carbons (Fsp3) is 1.00.